The van der Waals surface area contributed by atoms with Gasteiger partial charge in [0.15, 0.2) is 18.1 Å². The number of amides is 1. The van der Waals surface area contributed by atoms with Gasteiger partial charge in [-0.3, -0.25) is 4.79 Å². The molecule has 0 radical (unpaired) electrons. The maximum absolute atomic E-state index is 12.1. The summed E-state index contributed by atoms with van der Waals surface area (Å²) >= 11 is 0. The van der Waals surface area contributed by atoms with Gasteiger partial charge >= 0.3 is 0 Å². The Hall–Kier alpha value is -3.22. The SMILES string of the molecule is COc1cc(/C(C)=N\NC(=O)COc2ccc(C(C)(C)C)cc2)cc(OC)c1OC. The van der Waals surface area contributed by atoms with E-state index in [2.05, 4.69) is 31.3 Å². The van der Waals surface area contributed by atoms with Crippen molar-refractivity contribution in [3.63, 3.8) is 0 Å². The van der Waals surface area contributed by atoms with Crippen LogP contribution < -0.4 is 24.4 Å². The van der Waals surface area contributed by atoms with Crippen LogP contribution in [0.5, 0.6) is 23.0 Å². The third-order valence-corrected chi connectivity index (χ3v) is 4.52. The topological polar surface area (TPSA) is 78.4 Å². The Balaban J connectivity index is 2.01. The summed E-state index contributed by atoms with van der Waals surface area (Å²) in [5.41, 5.74) is 5.07. The molecular weight excluding hydrogens is 384 g/mol. The summed E-state index contributed by atoms with van der Waals surface area (Å²) in [6.07, 6.45) is 0. The lowest BCUT2D eigenvalue weighted by molar-refractivity contribution is -0.123. The van der Waals surface area contributed by atoms with Crippen LogP contribution in [0.4, 0.5) is 0 Å². The van der Waals surface area contributed by atoms with Gasteiger partial charge in [-0.1, -0.05) is 32.9 Å². The van der Waals surface area contributed by atoms with E-state index in [1.807, 2.05) is 24.3 Å². The zero-order valence-corrected chi connectivity index (χ0v) is 18.7. The minimum Gasteiger partial charge on any atom is -0.493 e. The van der Waals surface area contributed by atoms with E-state index in [1.165, 1.54) is 12.7 Å². The first-order valence-corrected chi connectivity index (χ1v) is 9.56. The second-order valence-electron chi connectivity index (χ2n) is 7.71. The molecule has 0 aromatic heterocycles. The van der Waals surface area contributed by atoms with Crippen molar-refractivity contribution in [3.8, 4) is 23.0 Å². The van der Waals surface area contributed by atoms with Crippen molar-refractivity contribution in [2.24, 2.45) is 5.10 Å². The molecule has 0 saturated heterocycles. The molecule has 2 aromatic carbocycles. The molecule has 30 heavy (non-hydrogen) atoms. The average Bonchev–Trinajstić information content (AvgIpc) is 2.74. The highest BCUT2D eigenvalue weighted by Gasteiger charge is 2.15. The van der Waals surface area contributed by atoms with Crippen LogP contribution in [0, 0.1) is 0 Å². The number of carbonyl (C=O) groups excluding carboxylic acids is 1. The highest BCUT2D eigenvalue weighted by Crippen LogP contribution is 2.38. The van der Waals surface area contributed by atoms with Crippen molar-refractivity contribution < 1.29 is 23.7 Å². The highest BCUT2D eigenvalue weighted by atomic mass is 16.5. The second-order valence-corrected chi connectivity index (χ2v) is 7.71. The van der Waals surface area contributed by atoms with E-state index in [0.29, 0.717) is 28.7 Å². The van der Waals surface area contributed by atoms with Gasteiger partial charge in [0.2, 0.25) is 5.75 Å². The van der Waals surface area contributed by atoms with Crippen molar-refractivity contribution in [2.75, 3.05) is 27.9 Å². The standard InChI is InChI=1S/C23H30N2O5/c1-15(16-12-19(27-5)22(29-7)20(13-16)28-6)24-25-21(26)14-30-18-10-8-17(9-11-18)23(2,3)4/h8-13H,14H2,1-7H3,(H,25,26)/b24-15-. The molecule has 0 aliphatic heterocycles. The van der Waals surface area contributed by atoms with Gasteiger partial charge in [0, 0.05) is 5.56 Å². The van der Waals surface area contributed by atoms with Gasteiger partial charge in [-0.05, 0) is 42.2 Å². The summed E-state index contributed by atoms with van der Waals surface area (Å²) in [5.74, 6) is 1.78. The van der Waals surface area contributed by atoms with Gasteiger partial charge in [0.25, 0.3) is 5.91 Å². The summed E-state index contributed by atoms with van der Waals surface area (Å²) in [7, 11) is 4.62. The molecule has 0 saturated carbocycles. The lowest BCUT2D eigenvalue weighted by atomic mass is 9.87. The van der Waals surface area contributed by atoms with Crippen LogP contribution in [0.3, 0.4) is 0 Å². The van der Waals surface area contributed by atoms with Crippen LogP contribution in [0.15, 0.2) is 41.5 Å². The maximum atomic E-state index is 12.1. The van der Waals surface area contributed by atoms with Crippen molar-refractivity contribution in [1.29, 1.82) is 0 Å². The van der Waals surface area contributed by atoms with Crippen LogP contribution in [0.1, 0.15) is 38.8 Å². The van der Waals surface area contributed by atoms with Crippen molar-refractivity contribution >= 4 is 11.6 Å². The number of hydrogen-bond donors (Lipinski definition) is 1. The second kappa shape index (κ2) is 10.0. The zero-order chi connectivity index (χ0) is 22.3. The van der Waals surface area contributed by atoms with Crippen LogP contribution in [0.25, 0.3) is 0 Å². The van der Waals surface area contributed by atoms with E-state index in [0.717, 1.165) is 5.56 Å². The fourth-order valence-electron chi connectivity index (χ4n) is 2.73. The Morgan fingerprint density at radius 2 is 1.53 bits per heavy atom. The van der Waals surface area contributed by atoms with E-state index in [4.69, 9.17) is 18.9 Å². The van der Waals surface area contributed by atoms with Crippen molar-refractivity contribution in [1.82, 2.24) is 5.43 Å². The van der Waals surface area contributed by atoms with Gasteiger partial charge in [-0.15, -0.1) is 0 Å². The maximum Gasteiger partial charge on any atom is 0.277 e. The molecular formula is C23H30N2O5. The molecule has 0 heterocycles. The Labute approximate surface area is 178 Å². The third-order valence-electron chi connectivity index (χ3n) is 4.52. The Bertz CT molecular complexity index is 874. The molecule has 7 heteroatoms. The fraction of sp³-hybridized carbons (Fsp3) is 0.391. The number of methoxy groups -OCH3 is 3. The Kier molecular flexibility index (Phi) is 7.69. The largest absolute Gasteiger partial charge is 0.493 e. The summed E-state index contributed by atoms with van der Waals surface area (Å²) in [6.45, 7) is 8.06. The molecule has 0 atom stereocenters. The van der Waals surface area contributed by atoms with Crippen LogP contribution in [0.2, 0.25) is 0 Å². The molecule has 0 fully saturated rings. The first-order chi connectivity index (χ1) is 14.2. The average molecular weight is 415 g/mol. The van der Waals surface area contributed by atoms with E-state index in [-0.39, 0.29) is 17.9 Å². The van der Waals surface area contributed by atoms with Crippen LogP contribution in [-0.2, 0) is 10.2 Å². The van der Waals surface area contributed by atoms with Crippen molar-refractivity contribution in [2.45, 2.75) is 33.1 Å². The van der Waals surface area contributed by atoms with E-state index in [1.54, 1.807) is 33.3 Å². The Morgan fingerprint density at radius 1 is 0.967 bits per heavy atom. The number of benzene rings is 2. The Morgan fingerprint density at radius 3 is 2.00 bits per heavy atom. The molecule has 2 aromatic rings. The summed E-state index contributed by atoms with van der Waals surface area (Å²) in [4.78, 5) is 12.1. The molecule has 162 valence electrons. The van der Waals surface area contributed by atoms with Crippen molar-refractivity contribution in [3.05, 3.63) is 47.5 Å². The molecule has 2 rings (SSSR count). The molecule has 0 aliphatic carbocycles. The fourth-order valence-corrected chi connectivity index (χ4v) is 2.73. The predicted molar refractivity (Wildman–Crippen MR) is 117 cm³/mol. The molecule has 0 unspecified atom stereocenters. The van der Waals surface area contributed by atoms with Crippen LogP contribution in [-0.4, -0.2) is 39.6 Å². The summed E-state index contributed by atoms with van der Waals surface area (Å²) < 4.78 is 21.5. The van der Waals surface area contributed by atoms with Gasteiger partial charge < -0.3 is 18.9 Å². The van der Waals surface area contributed by atoms with Gasteiger partial charge in [-0.25, -0.2) is 5.43 Å². The van der Waals surface area contributed by atoms with Gasteiger partial charge in [0.05, 0.1) is 27.0 Å². The normalized spacial score (nSPS) is 11.6. The van der Waals surface area contributed by atoms with Gasteiger partial charge in [-0.2, -0.15) is 5.10 Å². The first kappa shape index (κ1) is 23.1. The van der Waals surface area contributed by atoms with Crippen LogP contribution >= 0.6 is 0 Å². The number of rotatable bonds is 8. The molecule has 1 N–H and O–H groups in total. The molecule has 7 nitrogen and oxygen atoms in total. The van der Waals surface area contributed by atoms with E-state index >= 15 is 0 Å². The van der Waals surface area contributed by atoms with E-state index in [9.17, 15) is 4.79 Å². The first-order valence-electron chi connectivity index (χ1n) is 9.56. The number of ether oxygens (including phenoxy) is 4. The minimum absolute atomic E-state index is 0.0644. The number of hydrogen-bond acceptors (Lipinski definition) is 6. The van der Waals surface area contributed by atoms with Gasteiger partial charge in [0.1, 0.15) is 5.75 Å². The number of nitrogens with zero attached hydrogens (tertiary/aromatic N) is 1. The highest BCUT2D eigenvalue weighted by molar-refractivity contribution is 6.00. The monoisotopic (exact) mass is 414 g/mol. The predicted octanol–water partition coefficient (Wildman–Crippen LogP) is 3.93. The third kappa shape index (κ3) is 5.89. The number of nitrogens with one attached hydrogen (secondary N) is 1. The number of carbonyl (C=O) groups is 1. The molecule has 0 spiro atoms. The summed E-state index contributed by atoms with van der Waals surface area (Å²) in [6, 6.07) is 11.2. The lowest BCUT2D eigenvalue weighted by Crippen LogP contribution is -2.25. The zero-order valence-electron chi connectivity index (χ0n) is 18.7. The minimum atomic E-state index is -0.360. The molecule has 1 amide bonds. The lowest BCUT2D eigenvalue weighted by Gasteiger charge is -2.19. The number of hydrazone groups is 1. The quantitative estimate of drug-likeness (QED) is 0.523. The smallest absolute Gasteiger partial charge is 0.277 e. The molecule has 0 aliphatic rings. The summed E-state index contributed by atoms with van der Waals surface area (Å²) in [5, 5.41) is 4.14. The van der Waals surface area contributed by atoms with E-state index < -0.39 is 0 Å². The molecule has 0 bridgehead atoms.